The number of hydrogen-bond acceptors (Lipinski definition) is 4. The fraction of sp³-hybridized carbons (Fsp3) is 0.467. The van der Waals surface area contributed by atoms with Crippen LogP contribution in [0.15, 0.2) is 24.3 Å². The van der Waals surface area contributed by atoms with Crippen LogP contribution in [-0.4, -0.2) is 48.1 Å². The molecule has 0 atom stereocenters. The molecule has 6 heteroatoms. The fourth-order valence-electron chi connectivity index (χ4n) is 1.84. The molecule has 0 saturated carbocycles. The van der Waals surface area contributed by atoms with Crippen molar-refractivity contribution in [3.63, 3.8) is 0 Å². The van der Waals surface area contributed by atoms with E-state index in [4.69, 9.17) is 15.6 Å². The number of hydrogen-bond donors (Lipinski definition) is 2. The van der Waals surface area contributed by atoms with Gasteiger partial charge in [-0.05, 0) is 24.6 Å². The molecule has 2 amide bonds. The van der Waals surface area contributed by atoms with Crippen molar-refractivity contribution in [2.75, 3.05) is 26.3 Å². The summed E-state index contributed by atoms with van der Waals surface area (Å²) in [6.07, 6.45) is 1.85. The lowest BCUT2D eigenvalue weighted by Crippen LogP contribution is -2.34. The third kappa shape index (κ3) is 5.83. The van der Waals surface area contributed by atoms with Gasteiger partial charge in [0.05, 0.1) is 6.61 Å². The summed E-state index contributed by atoms with van der Waals surface area (Å²) in [5.41, 5.74) is 5.47. The summed E-state index contributed by atoms with van der Waals surface area (Å²) >= 11 is 0. The zero-order valence-corrected chi connectivity index (χ0v) is 12.2. The van der Waals surface area contributed by atoms with Crippen LogP contribution in [0.3, 0.4) is 0 Å². The number of carbonyl (C=O) groups excluding carboxylic acids is 2. The van der Waals surface area contributed by atoms with Crippen LogP contribution in [0.1, 0.15) is 30.1 Å². The predicted octanol–water partition coefficient (Wildman–Crippen LogP) is 0.785. The molecule has 21 heavy (non-hydrogen) atoms. The molecule has 0 saturated heterocycles. The van der Waals surface area contributed by atoms with E-state index < -0.39 is 5.91 Å². The number of nitrogens with two attached hydrogens (primary N) is 1. The molecule has 0 radical (unpaired) electrons. The van der Waals surface area contributed by atoms with Crippen molar-refractivity contribution >= 4 is 11.8 Å². The van der Waals surface area contributed by atoms with Gasteiger partial charge in [0.25, 0.3) is 11.8 Å². The minimum absolute atomic E-state index is 0.0761. The largest absolute Gasteiger partial charge is 0.484 e. The number of amides is 2. The van der Waals surface area contributed by atoms with Crippen molar-refractivity contribution in [3.8, 4) is 5.75 Å². The molecule has 1 aromatic rings. The lowest BCUT2D eigenvalue weighted by Gasteiger charge is -2.21. The molecule has 116 valence electrons. The third-order valence-electron chi connectivity index (χ3n) is 2.90. The highest BCUT2D eigenvalue weighted by Gasteiger charge is 2.15. The summed E-state index contributed by atoms with van der Waals surface area (Å²) in [4.78, 5) is 24.7. The van der Waals surface area contributed by atoms with E-state index in [1.807, 2.05) is 6.92 Å². The first-order valence-corrected chi connectivity index (χ1v) is 6.99. The van der Waals surface area contributed by atoms with Crippen molar-refractivity contribution in [1.29, 1.82) is 0 Å². The Labute approximate surface area is 124 Å². The highest BCUT2D eigenvalue weighted by atomic mass is 16.5. The Hall–Kier alpha value is -2.08. The van der Waals surface area contributed by atoms with Crippen molar-refractivity contribution < 1.29 is 19.4 Å². The molecule has 0 aliphatic carbocycles. The van der Waals surface area contributed by atoms with Crippen molar-refractivity contribution in [1.82, 2.24) is 4.90 Å². The summed E-state index contributed by atoms with van der Waals surface area (Å²) in [6.45, 7) is 2.63. The molecule has 0 spiro atoms. The van der Waals surface area contributed by atoms with E-state index in [0.717, 1.165) is 12.8 Å². The molecular formula is C15H22N2O4. The second-order valence-corrected chi connectivity index (χ2v) is 4.65. The molecule has 3 N–H and O–H groups in total. The van der Waals surface area contributed by atoms with Crippen LogP contribution in [0.2, 0.25) is 0 Å². The van der Waals surface area contributed by atoms with E-state index in [1.54, 1.807) is 29.2 Å². The van der Waals surface area contributed by atoms with Gasteiger partial charge in [-0.3, -0.25) is 9.59 Å². The maximum Gasteiger partial charge on any atom is 0.255 e. The average Bonchev–Trinajstić information content (AvgIpc) is 2.49. The van der Waals surface area contributed by atoms with Crippen LogP contribution < -0.4 is 10.5 Å². The van der Waals surface area contributed by atoms with Crippen LogP contribution in [0, 0.1) is 0 Å². The number of unbranched alkanes of at least 4 members (excludes halogenated alkanes) is 1. The molecule has 0 unspecified atom stereocenters. The second kappa shape index (κ2) is 8.97. The van der Waals surface area contributed by atoms with Crippen molar-refractivity contribution in [2.24, 2.45) is 5.73 Å². The van der Waals surface area contributed by atoms with Gasteiger partial charge in [-0.15, -0.1) is 0 Å². The van der Waals surface area contributed by atoms with Gasteiger partial charge in [0.2, 0.25) is 0 Å². The summed E-state index contributed by atoms with van der Waals surface area (Å²) < 4.78 is 5.18. The van der Waals surface area contributed by atoms with E-state index in [0.29, 0.717) is 24.4 Å². The van der Waals surface area contributed by atoms with Gasteiger partial charge in [-0.1, -0.05) is 19.4 Å². The van der Waals surface area contributed by atoms with Crippen LogP contribution in [0.5, 0.6) is 5.75 Å². The topological polar surface area (TPSA) is 92.9 Å². The lowest BCUT2D eigenvalue weighted by atomic mass is 10.1. The van der Waals surface area contributed by atoms with E-state index in [-0.39, 0.29) is 19.1 Å². The Kier molecular flexibility index (Phi) is 7.25. The molecule has 6 nitrogen and oxygen atoms in total. The normalized spacial score (nSPS) is 10.2. The number of nitrogens with zero attached hydrogens (tertiary/aromatic N) is 1. The first-order valence-electron chi connectivity index (χ1n) is 6.99. The lowest BCUT2D eigenvalue weighted by molar-refractivity contribution is -0.119. The Bertz CT molecular complexity index is 476. The van der Waals surface area contributed by atoms with Crippen LogP contribution in [0.25, 0.3) is 0 Å². The maximum atomic E-state index is 12.4. The molecule has 1 rings (SSSR count). The smallest absolute Gasteiger partial charge is 0.255 e. The monoisotopic (exact) mass is 294 g/mol. The molecule has 0 bridgehead atoms. The second-order valence-electron chi connectivity index (χ2n) is 4.65. The number of aliphatic hydroxyl groups excluding tert-OH is 1. The standard InChI is InChI=1S/C15H22N2O4/c1-2-3-7-17(8-9-18)15(20)12-5-4-6-13(10-12)21-11-14(16)19/h4-6,10,18H,2-3,7-9,11H2,1H3,(H2,16,19). The van der Waals surface area contributed by atoms with Crippen LogP contribution in [0.4, 0.5) is 0 Å². The number of ether oxygens (including phenoxy) is 1. The van der Waals surface area contributed by atoms with E-state index in [9.17, 15) is 9.59 Å². The molecule has 0 fully saturated rings. The van der Waals surface area contributed by atoms with Gasteiger partial charge in [0.15, 0.2) is 6.61 Å². The summed E-state index contributed by atoms with van der Waals surface area (Å²) in [5.74, 6) is -0.322. The molecule has 0 aliphatic heterocycles. The Morgan fingerprint density at radius 3 is 2.71 bits per heavy atom. The first-order chi connectivity index (χ1) is 10.1. The summed E-state index contributed by atoms with van der Waals surface area (Å²) in [7, 11) is 0. The molecule has 1 aromatic carbocycles. The fourth-order valence-corrected chi connectivity index (χ4v) is 1.84. The van der Waals surface area contributed by atoms with E-state index >= 15 is 0 Å². The number of aliphatic hydroxyl groups is 1. The maximum absolute atomic E-state index is 12.4. The summed E-state index contributed by atoms with van der Waals surface area (Å²) in [5, 5.41) is 9.06. The van der Waals surface area contributed by atoms with Crippen LogP contribution in [-0.2, 0) is 4.79 Å². The molecular weight excluding hydrogens is 272 g/mol. The highest BCUT2D eigenvalue weighted by molar-refractivity contribution is 5.94. The van der Waals surface area contributed by atoms with Crippen molar-refractivity contribution in [3.05, 3.63) is 29.8 Å². The number of rotatable bonds is 9. The third-order valence-corrected chi connectivity index (χ3v) is 2.90. The predicted molar refractivity (Wildman–Crippen MR) is 79.0 cm³/mol. The van der Waals surface area contributed by atoms with Gasteiger partial charge in [-0.25, -0.2) is 0 Å². The zero-order valence-electron chi connectivity index (χ0n) is 12.2. The zero-order chi connectivity index (χ0) is 15.7. The molecule has 0 aromatic heterocycles. The summed E-state index contributed by atoms with van der Waals surface area (Å²) in [6, 6.07) is 6.58. The molecule has 0 aliphatic rings. The SMILES string of the molecule is CCCCN(CCO)C(=O)c1cccc(OCC(N)=O)c1. The van der Waals surface area contributed by atoms with Gasteiger partial charge >= 0.3 is 0 Å². The van der Waals surface area contributed by atoms with Crippen LogP contribution >= 0.6 is 0 Å². The number of primary amides is 1. The minimum Gasteiger partial charge on any atom is -0.484 e. The Balaban J connectivity index is 2.78. The number of carbonyl (C=O) groups is 2. The van der Waals surface area contributed by atoms with Gasteiger partial charge in [0.1, 0.15) is 5.75 Å². The van der Waals surface area contributed by atoms with E-state index in [2.05, 4.69) is 0 Å². The average molecular weight is 294 g/mol. The van der Waals surface area contributed by atoms with Gasteiger partial charge in [-0.2, -0.15) is 0 Å². The highest BCUT2D eigenvalue weighted by Crippen LogP contribution is 2.15. The first kappa shape index (κ1) is 17.0. The van der Waals surface area contributed by atoms with Gasteiger partial charge < -0.3 is 20.5 Å². The van der Waals surface area contributed by atoms with Gasteiger partial charge in [0, 0.05) is 18.7 Å². The van der Waals surface area contributed by atoms with E-state index in [1.165, 1.54) is 0 Å². The number of benzene rings is 1. The Morgan fingerprint density at radius 2 is 2.10 bits per heavy atom. The minimum atomic E-state index is -0.573. The van der Waals surface area contributed by atoms with Crippen molar-refractivity contribution in [2.45, 2.75) is 19.8 Å². The Morgan fingerprint density at radius 1 is 1.33 bits per heavy atom. The molecule has 0 heterocycles. The quantitative estimate of drug-likeness (QED) is 0.704.